The second kappa shape index (κ2) is 5.45. The summed E-state index contributed by atoms with van der Waals surface area (Å²) in [6, 6.07) is 9.13. The van der Waals surface area contributed by atoms with Crippen molar-refractivity contribution in [3.05, 3.63) is 35.9 Å². The zero-order valence-electron chi connectivity index (χ0n) is 7.38. The smallest absolute Gasteiger partial charge is 0.287 e. The number of benzene rings is 1. The summed E-state index contributed by atoms with van der Waals surface area (Å²) in [4.78, 5) is 0. The van der Waals surface area contributed by atoms with Gasteiger partial charge < -0.3 is 9.47 Å². The molecular formula is C10H8N2O2. The van der Waals surface area contributed by atoms with Crippen molar-refractivity contribution in [2.75, 3.05) is 6.61 Å². The first-order valence-corrected chi connectivity index (χ1v) is 3.99. The summed E-state index contributed by atoms with van der Waals surface area (Å²) in [5.74, 6) is 0. The van der Waals surface area contributed by atoms with Gasteiger partial charge in [-0.2, -0.15) is 10.5 Å². The topological polar surface area (TPSA) is 66.0 Å². The number of rotatable bonds is 4. The summed E-state index contributed by atoms with van der Waals surface area (Å²) in [6.07, 6.45) is 2.61. The maximum Gasteiger partial charge on any atom is 0.287 e. The van der Waals surface area contributed by atoms with Crippen molar-refractivity contribution in [3.63, 3.8) is 0 Å². The molecule has 4 nitrogen and oxygen atoms in total. The van der Waals surface area contributed by atoms with Gasteiger partial charge in [-0.3, -0.25) is 0 Å². The SMILES string of the molecule is N#COCC(OC#N)c1ccccc1. The number of nitrogens with zero attached hydrogens (tertiary/aromatic N) is 2. The fourth-order valence-electron chi connectivity index (χ4n) is 1.04. The third kappa shape index (κ3) is 2.69. The Morgan fingerprint density at radius 1 is 1.14 bits per heavy atom. The van der Waals surface area contributed by atoms with Crippen molar-refractivity contribution in [3.8, 4) is 12.5 Å². The van der Waals surface area contributed by atoms with Crippen molar-refractivity contribution >= 4 is 0 Å². The van der Waals surface area contributed by atoms with Gasteiger partial charge in [0.25, 0.3) is 12.5 Å². The lowest BCUT2D eigenvalue weighted by molar-refractivity contribution is 0.0853. The van der Waals surface area contributed by atoms with Crippen LogP contribution in [0.4, 0.5) is 0 Å². The van der Waals surface area contributed by atoms with Crippen LogP contribution in [0.1, 0.15) is 11.7 Å². The van der Waals surface area contributed by atoms with E-state index in [1.807, 2.05) is 30.3 Å². The highest BCUT2D eigenvalue weighted by Crippen LogP contribution is 2.16. The third-order valence-corrected chi connectivity index (χ3v) is 1.67. The van der Waals surface area contributed by atoms with E-state index in [1.165, 1.54) is 6.26 Å². The Morgan fingerprint density at radius 3 is 2.43 bits per heavy atom. The predicted molar refractivity (Wildman–Crippen MR) is 47.4 cm³/mol. The molecule has 0 fully saturated rings. The van der Waals surface area contributed by atoms with Crippen molar-refractivity contribution in [1.29, 1.82) is 10.5 Å². The highest BCUT2D eigenvalue weighted by molar-refractivity contribution is 5.17. The normalized spacial score (nSPS) is 10.7. The second-order valence-electron chi connectivity index (χ2n) is 2.51. The molecule has 1 unspecified atom stereocenters. The average Bonchev–Trinajstić information content (AvgIpc) is 2.25. The zero-order valence-corrected chi connectivity index (χ0v) is 7.38. The molecule has 0 bridgehead atoms. The molecule has 0 aliphatic heterocycles. The van der Waals surface area contributed by atoms with Gasteiger partial charge in [-0.1, -0.05) is 30.3 Å². The van der Waals surface area contributed by atoms with Crippen molar-refractivity contribution in [2.45, 2.75) is 6.10 Å². The van der Waals surface area contributed by atoms with Gasteiger partial charge in [-0.15, -0.1) is 0 Å². The van der Waals surface area contributed by atoms with Crippen LogP contribution >= 0.6 is 0 Å². The lowest BCUT2D eigenvalue weighted by Crippen LogP contribution is -2.07. The molecule has 0 aliphatic rings. The van der Waals surface area contributed by atoms with Gasteiger partial charge in [0.15, 0.2) is 6.10 Å². The minimum Gasteiger partial charge on any atom is -0.423 e. The molecular weight excluding hydrogens is 180 g/mol. The van der Waals surface area contributed by atoms with E-state index >= 15 is 0 Å². The molecule has 14 heavy (non-hydrogen) atoms. The first-order valence-electron chi connectivity index (χ1n) is 3.99. The molecule has 0 aliphatic carbocycles. The Labute approximate surface area is 81.9 Å². The maximum absolute atomic E-state index is 8.39. The molecule has 1 atom stereocenters. The summed E-state index contributed by atoms with van der Waals surface area (Å²) in [5.41, 5.74) is 0.810. The second-order valence-corrected chi connectivity index (χ2v) is 2.51. The van der Waals surface area contributed by atoms with Crippen LogP contribution in [0.5, 0.6) is 0 Å². The van der Waals surface area contributed by atoms with Gasteiger partial charge in [0.2, 0.25) is 0 Å². The summed E-state index contributed by atoms with van der Waals surface area (Å²) < 4.78 is 9.29. The fourth-order valence-corrected chi connectivity index (χ4v) is 1.04. The maximum atomic E-state index is 8.39. The molecule has 1 aromatic rings. The monoisotopic (exact) mass is 188 g/mol. The predicted octanol–water partition coefficient (Wildman–Crippen LogP) is 1.72. The van der Waals surface area contributed by atoms with E-state index < -0.39 is 6.10 Å². The highest BCUT2D eigenvalue weighted by atomic mass is 16.5. The Morgan fingerprint density at radius 2 is 1.86 bits per heavy atom. The minimum absolute atomic E-state index is 0.0497. The standard InChI is InChI=1S/C10H8N2O2/c11-7-13-6-10(14-8-12)9-4-2-1-3-5-9/h1-5,10H,6H2. The first-order chi connectivity index (χ1) is 6.88. The van der Waals surface area contributed by atoms with E-state index in [4.69, 9.17) is 15.3 Å². The molecule has 0 amide bonds. The van der Waals surface area contributed by atoms with Crippen LogP contribution in [0.25, 0.3) is 0 Å². The van der Waals surface area contributed by atoms with Gasteiger partial charge in [0.05, 0.1) is 0 Å². The molecule has 0 aromatic heterocycles. The van der Waals surface area contributed by atoms with E-state index in [0.29, 0.717) is 0 Å². The van der Waals surface area contributed by atoms with Crippen LogP contribution < -0.4 is 0 Å². The first kappa shape index (κ1) is 9.88. The number of hydrogen-bond acceptors (Lipinski definition) is 4. The summed E-state index contributed by atoms with van der Waals surface area (Å²) in [5, 5.41) is 16.6. The Hall–Kier alpha value is -2.20. The molecule has 0 heterocycles. The quantitative estimate of drug-likeness (QED) is 0.675. The van der Waals surface area contributed by atoms with Crippen LogP contribution in [0.2, 0.25) is 0 Å². The van der Waals surface area contributed by atoms with Crippen molar-refractivity contribution in [1.82, 2.24) is 0 Å². The zero-order chi connectivity index (χ0) is 10.2. The summed E-state index contributed by atoms with van der Waals surface area (Å²) in [7, 11) is 0. The van der Waals surface area contributed by atoms with Gasteiger partial charge in [-0.05, 0) is 5.56 Å². The lowest BCUT2D eigenvalue weighted by Gasteiger charge is -2.11. The largest absolute Gasteiger partial charge is 0.423 e. The van der Waals surface area contributed by atoms with Crippen LogP contribution in [0.15, 0.2) is 30.3 Å². The van der Waals surface area contributed by atoms with Gasteiger partial charge >= 0.3 is 0 Å². The molecule has 70 valence electrons. The number of ether oxygens (including phenoxy) is 2. The van der Waals surface area contributed by atoms with Crippen LogP contribution in [-0.2, 0) is 9.47 Å². The lowest BCUT2D eigenvalue weighted by atomic mass is 10.1. The Balaban J connectivity index is 2.69. The number of nitriles is 2. The van der Waals surface area contributed by atoms with Gasteiger partial charge in [0.1, 0.15) is 6.61 Å². The van der Waals surface area contributed by atoms with Crippen molar-refractivity contribution < 1.29 is 9.47 Å². The van der Waals surface area contributed by atoms with Gasteiger partial charge in [0, 0.05) is 0 Å². The molecule has 0 N–H and O–H groups in total. The Bertz CT molecular complexity index is 351. The molecule has 0 saturated carbocycles. The molecule has 1 rings (SSSR count). The van der Waals surface area contributed by atoms with Crippen molar-refractivity contribution in [2.24, 2.45) is 0 Å². The Kier molecular flexibility index (Phi) is 3.85. The van der Waals surface area contributed by atoms with E-state index in [0.717, 1.165) is 5.56 Å². The van der Waals surface area contributed by atoms with Crippen LogP contribution in [-0.4, -0.2) is 6.61 Å². The van der Waals surface area contributed by atoms with E-state index in [9.17, 15) is 0 Å². The third-order valence-electron chi connectivity index (χ3n) is 1.67. The molecule has 1 aromatic carbocycles. The minimum atomic E-state index is -0.513. The van der Waals surface area contributed by atoms with E-state index in [2.05, 4.69) is 4.74 Å². The van der Waals surface area contributed by atoms with E-state index in [-0.39, 0.29) is 6.61 Å². The molecule has 0 spiro atoms. The van der Waals surface area contributed by atoms with Crippen LogP contribution in [0, 0.1) is 23.0 Å². The molecule has 0 saturated heterocycles. The highest BCUT2D eigenvalue weighted by Gasteiger charge is 2.12. The average molecular weight is 188 g/mol. The fraction of sp³-hybridized carbons (Fsp3) is 0.200. The summed E-state index contributed by atoms with van der Waals surface area (Å²) in [6.45, 7) is 0.0497. The van der Waals surface area contributed by atoms with E-state index in [1.54, 1.807) is 6.26 Å². The van der Waals surface area contributed by atoms with Gasteiger partial charge in [-0.25, -0.2) is 0 Å². The number of hydrogen-bond donors (Lipinski definition) is 0. The van der Waals surface area contributed by atoms with Crippen LogP contribution in [0.3, 0.4) is 0 Å². The summed E-state index contributed by atoms with van der Waals surface area (Å²) >= 11 is 0. The molecule has 4 heteroatoms. The molecule has 0 radical (unpaired) electrons.